The molecule has 6 aliphatic rings. The molecule has 0 aliphatic heterocycles. The maximum absolute atomic E-state index is 2.42. The van der Waals surface area contributed by atoms with Gasteiger partial charge in [0.15, 0.2) is 0 Å². The molecule has 22 heavy (non-hydrogen) atoms. The molecule has 0 aromatic carbocycles. The Bertz CT molecular complexity index is 411. The van der Waals surface area contributed by atoms with Gasteiger partial charge in [0, 0.05) is 21.1 Å². The summed E-state index contributed by atoms with van der Waals surface area (Å²) in [7, 11) is 0. The Balaban J connectivity index is 0.0000000960. The Labute approximate surface area is 150 Å². The molecule has 0 radical (unpaired) electrons. The van der Waals surface area contributed by atoms with Crippen LogP contribution in [0.2, 0.25) is 0 Å². The normalized spacial score (nSPS) is 34.9. The van der Waals surface area contributed by atoms with E-state index in [4.69, 9.17) is 0 Å². The zero-order valence-corrected chi connectivity index (χ0v) is 16.0. The van der Waals surface area contributed by atoms with Crippen molar-refractivity contribution in [3.8, 4) is 0 Å². The van der Waals surface area contributed by atoms with E-state index in [-0.39, 0.29) is 21.1 Å². The van der Waals surface area contributed by atoms with E-state index in [9.17, 15) is 0 Å². The van der Waals surface area contributed by atoms with Gasteiger partial charge in [-0.15, -0.1) is 0 Å². The number of rotatable bonds is 0. The van der Waals surface area contributed by atoms with Crippen LogP contribution in [0, 0.1) is 17.8 Å². The molecule has 0 aromatic heterocycles. The van der Waals surface area contributed by atoms with Gasteiger partial charge in [-0.2, -0.15) is 0 Å². The minimum atomic E-state index is 0. The molecule has 3 atom stereocenters. The fraction of sp³-hybridized carbons (Fsp3) is 0.714. The van der Waals surface area contributed by atoms with E-state index < -0.39 is 0 Å². The molecule has 3 saturated carbocycles. The van der Waals surface area contributed by atoms with Gasteiger partial charge in [-0.3, -0.25) is 0 Å². The molecule has 3 fully saturated rings. The van der Waals surface area contributed by atoms with E-state index in [1.54, 1.807) is 16.7 Å². The molecule has 0 N–H and O–H groups in total. The quantitative estimate of drug-likeness (QED) is 0.357. The van der Waals surface area contributed by atoms with E-state index in [0.717, 1.165) is 17.8 Å². The number of allylic oxidation sites excluding steroid dienone is 6. The molecule has 1 heteroatoms. The smallest absolute Gasteiger partial charge is 0 e. The molecule has 124 valence electrons. The second-order valence-electron chi connectivity index (χ2n) is 8.12. The minimum absolute atomic E-state index is 0. The van der Waals surface area contributed by atoms with Gasteiger partial charge in [0.05, 0.1) is 0 Å². The van der Waals surface area contributed by atoms with E-state index in [1.165, 1.54) is 77.0 Å². The van der Waals surface area contributed by atoms with Crippen molar-refractivity contribution in [1.29, 1.82) is 0 Å². The molecular formula is C21H30Pt. The van der Waals surface area contributed by atoms with Gasteiger partial charge >= 0.3 is 0 Å². The third-order valence-electron chi connectivity index (χ3n) is 6.49. The topological polar surface area (TPSA) is 0 Å². The molecule has 0 aromatic rings. The van der Waals surface area contributed by atoms with Crippen LogP contribution in [-0.4, -0.2) is 0 Å². The molecule has 6 aliphatic carbocycles. The summed E-state index contributed by atoms with van der Waals surface area (Å²) in [5, 5.41) is 0. The van der Waals surface area contributed by atoms with Crippen LogP contribution in [-0.2, 0) is 21.1 Å². The monoisotopic (exact) mass is 477 g/mol. The van der Waals surface area contributed by atoms with Gasteiger partial charge in [-0.1, -0.05) is 34.9 Å². The van der Waals surface area contributed by atoms with Crippen LogP contribution in [0.25, 0.3) is 0 Å². The summed E-state index contributed by atoms with van der Waals surface area (Å²) in [5.74, 6) is 3.24. The number of fused-ring (bicyclic) bond motifs is 6. The van der Waals surface area contributed by atoms with Crippen LogP contribution in [0.3, 0.4) is 0 Å². The summed E-state index contributed by atoms with van der Waals surface area (Å²) in [6.45, 7) is 0. The maximum atomic E-state index is 2.42. The average molecular weight is 478 g/mol. The SMILES string of the molecule is C1=C2CCC(C1)C2.C1=C2CCC(C1)C2.C1=C2CCC(C1)C2.[Pt]. The van der Waals surface area contributed by atoms with Crippen molar-refractivity contribution in [2.45, 2.75) is 77.0 Å². The maximum Gasteiger partial charge on any atom is 0 e. The first-order valence-corrected chi connectivity index (χ1v) is 9.39. The molecule has 0 nitrogen and oxygen atoms in total. The summed E-state index contributed by atoms with van der Waals surface area (Å²) >= 11 is 0. The molecule has 0 spiro atoms. The van der Waals surface area contributed by atoms with Gasteiger partial charge in [-0.25, -0.2) is 0 Å². The average Bonchev–Trinajstić information content (AvgIpc) is 3.39. The molecule has 0 heterocycles. The second-order valence-corrected chi connectivity index (χ2v) is 8.12. The molecule has 0 saturated heterocycles. The van der Waals surface area contributed by atoms with Gasteiger partial charge in [0.2, 0.25) is 0 Å². The Morgan fingerprint density at radius 3 is 0.909 bits per heavy atom. The number of hydrogen-bond acceptors (Lipinski definition) is 0. The van der Waals surface area contributed by atoms with Crippen molar-refractivity contribution < 1.29 is 21.1 Å². The Morgan fingerprint density at radius 1 is 0.545 bits per heavy atom. The summed E-state index contributed by atoms with van der Waals surface area (Å²) in [4.78, 5) is 0. The first kappa shape index (κ1) is 16.8. The predicted octanol–water partition coefficient (Wildman–Crippen LogP) is 6.35. The Kier molecular flexibility index (Phi) is 5.83. The zero-order valence-electron chi connectivity index (χ0n) is 13.8. The molecular weight excluding hydrogens is 447 g/mol. The molecule has 3 unspecified atom stereocenters. The molecule has 6 rings (SSSR count). The van der Waals surface area contributed by atoms with Crippen molar-refractivity contribution in [3.63, 3.8) is 0 Å². The standard InChI is InChI=1S/3C7H10.Pt/c3*1-2-7-4-3-6(1)5-7;/h3*1,7H,2-5H2;. The largest absolute Gasteiger partial charge is 0.0850 e. The zero-order chi connectivity index (χ0) is 14.1. The van der Waals surface area contributed by atoms with Gasteiger partial charge in [-0.05, 0) is 94.8 Å². The van der Waals surface area contributed by atoms with Crippen molar-refractivity contribution in [2.24, 2.45) is 17.8 Å². The fourth-order valence-corrected chi connectivity index (χ4v) is 5.05. The molecule has 6 bridgehead atoms. The first-order chi connectivity index (χ1) is 10.3. The van der Waals surface area contributed by atoms with Crippen LogP contribution < -0.4 is 0 Å². The van der Waals surface area contributed by atoms with Crippen LogP contribution in [0.15, 0.2) is 34.9 Å². The van der Waals surface area contributed by atoms with Crippen LogP contribution >= 0.6 is 0 Å². The summed E-state index contributed by atoms with van der Waals surface area (Å²) in [5.41, 5.74) is 5.22. The van der Waals surface area contributed by atoms with Gasteiger partial charge < -0.3 is 0 Å². The van der Waals surface area contributed by atoms with Gasteiger partial charge in [0.1, 0.15) is 0 Å². The third-order valence-corrected chi connectivity index (χ3v) is 6.49. The number of hydrogen-bond donors (Lipinski definition) is 0. The Hall–Kier alpha value is -0.0917. The first-order valence-electron chi connectivity index (χ1n) is 9.39. The summed E-state index contributed by atoms with van der Waals surface area (Å²) in [6, 6.07) is 0. The molecule has 0 amide bonds. The fourth-order valence-electron chi connectivity index (χ4n) is 5.05. The summed E-state index contributed by atoms with van der Waals surface area (Å²) < 4.78 is 0. The minimum Gasteiger partial charge on any atom is -0.0850 e. The van der Waals surface area contributed by atoms with E-state index in [0.29, 0.717) is 0 Å². The summed E-state index contributed by atoms with van der Waals surface area (Å²) in [6.07, 6.45) is 24.5. The second kappa shape index (κ2) is 7.65. The van der Waals surface area contributed by atoms with Crippen LogP contribution in [0.4, 0.5) is 0 Å². The van der Waals surface area contributed by atoms with E-state index in [1.807, 2.05) is 0 Å². The van der Waals surface area contributed by atoms with E-state index in [2.05, 4.69) is 18.2 Å². The van der Waals surface area contributed by atoms with E-state index >= 15 is 0 Å². The third kappa shape index (κ3) is 4.05. The van der Waals surface area contributed by atoms with Crippen LogP contribution in [0.5, 0.6) is 0 Å². The van der Waals surface area contributed by atoms with Gasteiger partial charge in [0.25, 0.3) is 0 Å². The van der Waals surface area contributed by atoms with Crippen molar-refractivity contribution in [3.05, 3.63) is 34.9 Å². The van der Waals surface area contributed by atoms with Crippen molar-refractivity contribution >= 4 is 0 Å². The Morgan fingerprint density at radius 2 is 0.864 bits per heavy atom. The predicted molar refractivity (Wildman–Crippen MR) is 90.1 cm³/mol. The van der Waals surface area contributed by atoms with Crippen LogP contribution in [0.1, 0.15) is 77.0 Å². The van der Waals surface area contributed by atoms with Crippen molar-refractivity contribution in [1.82, 2.24) is 0 Å². The van der Waals surface area contributed by atoms with Crippen molar-refractivity contribution in [2.75, 3.05) is 0 Å².